The van der Waals surface area contributed by atoms with Gasteiger partial charge in [0.15, 0.2) is 0 Å². The van der Waals surface area contributed by atoms with E-state index in [1.165, 1.54) is 19.1 Å². The molecule has 1 heterocycles. The molecule has 1 aromatic carbocycles. The lowest BCUT2D eigenvalue weighted by atomic mass is 9.98. The van der Waals surface area contributed by atoms with Crippen LogP contribution in [0.5, 0.6) is 0 Å². The molecule has 0 unspecified atom stereocenters. The van der Waals surface area contributed by atoms with Crippen LogP contribution in [-0.2, 0) is 19.6 Å². The molecule has 7 heteroatoms. The van der Waals surface area contributed by atoms with Crippen LogP contribution in [0.4, 0.5) is 0 Å². The zero-order chi connectivity index (χ0) is 17.9. The van der Waals surface area contributed by atoms with Crippen LogP contribution in [-0.4, -0.2) is 44.1 Å². The van der Waals surface area contributed by atoms with Crippen LogP contribution in [0.25, 0.3) is 0 Å². The second-order valence-electron chi connectivity index (χ2n) is 6.34. The number of carbonyl (C=O) groups excluding carboxylic acids is 2. The summed E-state index contributed by atoms with van der Waals surface area (Å²) >= 11 is 0. The van der Waals surface area contributed by atoms with Crippen molar-refractivity contribution in [3.8, 4) is 0 Å². The number of rotatable bonds is 6. The molecule has 0 aliphatic carbocycles. The fourth-order valence-corrected chi connectivity index (χ4v) is 3.96. The Morgan fingerprint density at radius 1 is 1.12 bits per heavy atom. The van der Waals surface area contributed by atoms with Crippen molar-refractivity contribution in [1.29, 1.82) is 0 Å². The summed E-state index contributed by atoms with van der Waals surface area (Å²) in [5.41, 5.74) is 0.941. The third kappa shape index (κ3) is 4.21. The molecular formula is C17H24N2O4S. The normalized spacial score (nSPS) is 17.5. The molecule has 6 nitrogen and oxygen atoms in total. The van der Waals surface area contributed by atoms with Crippen molar-refractivity contribution in [2.45, 2.75) is 44.6 Å². The smallest absolute Gasteiger partial charge is 0.241 e. The summed E-state index contributed by atoms with van der Waals surface area (Å²) in [6, 6.07) is 5.30. The van der Waals surface area contributed by atoms with Gasteiger partial charge in [0.05, 0.1) is 4.90 Å². The molecule has 1 aliphatic heterocycles. The van der Waals surface area contributed by atoms with E-state index < -0.39 is 22.0 Å². The van der Waals surface area contributed by atoms with Crippen molar-refractivity contribution < 1.29 is 18.0 Å². The lowest BCUT2D eigenvalue weighted by Gasteiger charge is -2.27. The highest BCUT2D eigenvalue weighted by atomic mass is 32.2. The average Bonchev–Trinajstić information content (AvgIpc) is 3.06. The lowest BCUT2D eigenvalue weighted by Crippen LogP contribution is -2.52. The SMILES string of the molecule is CC(=O)[C@H](C)[C@H](NS(=O)(=O)c1ccc(C)cc1)C(=O)N1CCCC1. The molecule has 0 aromatic heterocycles. The minimum Gasteiger partial charge on any atom is -0.341 e. The first kappa shape index (κ1) is 18.6. The van der Waals surface area contributed by atoms with Gasteiger partial charge in [0.2, 0.25) is 15.9 Å². The second kappa shape index (κ2) is 7.44. The number of ketones is 1. The number of benzene rings is 1. The fourth-order valence-electron chi connectivity index (χ4n) is 2.69. The summed E-state index contributed by atoms with van der Waals surface area (Å²) in [5, 5.41) is 0. The Hall–Kier alpha value is -1.73. The quantitative estimate of drug-likeness (QED) is 0.841. The number of nitrogens with one attached hydrogen (secondary N) is 1. The number of hydrogen-bond acceptors (Lipinski definition) is 4. The maximum atomic E-state index is 12.7. The van der Waals surface area contributed by atoms with Crippen LogP contribution in [0.3, 0.4) is 0 Å². The first-order valence-corrected chi connectivity index (χ1v) is 9.59. The summed E-state index contributed by atoms with van der Waals surface area (Å²) < 4.78 is 27.7. The molecule has 2 rings (SSSR count). The monoisotopic (exact) mass is 352 g/mol. The number of Topliss-reactive ketones (excluding diaryl/α,β-unsaturated/α-hetero) is 1. The van der Waals surface area contributed by atoms with Crippen molar-refractivity contribution in [1.82, 2.24) is 9.62 Å². The fraction of sp³-hybridized carbons (Fsp3) is 0.529. The molecule has 24 heavy (non-hydrogen) atoms. The lowest BCUT2D eigenvalue weighted by molar-refractivity contribution is -0.136. The number of aryl methyl sites for hydroxylation is 1. The Balaban J connectivity index is 2.28. The average molecular weight is 352 g/mol. The Kier molecular flexibility index (Phi) is 5.77. The maximum Gasteiger partial charge on any atom is 0.241 e. The van der Waals surface area contributed by atoms with Gasteiger partial charge in [-0.1, -0.05) is 24.6 Å². The van der Waals surface area contributed by atoms with Gasteiger partial charge in [-0.15, -0.1) is 0 Å². The number of likely N-dealkylation sites (tertiary alicyclic amines) is 1. The maximum absolute atomic E-state index is 12.7. The predicted molar refractivity (Wildman–Crippen MR) is 90.9 cm³/mol. The van der Waals surface area contributed by atoms with Gasteiger partial charge < -0.3 is 4.90 Å². The van der Waals surface area contributed by atoms with E-state index in [0.717, 1.165) is 18.4 Å². The number of carbonyl (C=O) groups is 2. The van der Waals surface area contributed by atoms with E-state index in [9.17, 15) is 18.0 Å². The first-order chi connectivity index (χ1) is 11.2. The van der Waals surface area contributed by atoms with Gasteiger partial charge in [0, 0.05) is 19.0 Å². The highest BCUT2D eigenvalue weighted by molar-refractivity contribution is 7.89. The molecule has 1 aromatic rings. The van der Waals surface area contributed by atoms with Crippen LogP contribution >= 0.6 is 0 Å². The van der Waals surface area contributed by atoms with Crippen LogP contribution in [0.2, 0.25) is 0 Å². The van der Waals surface area contributed by atoms with Gasteiger partial charge >= 0.3 is 0 Å². The minimum absolute atomic E-state index is 0.0862. The van der Waals surface area contributed by atoms with Gasteiger partial charge in [-0.3, -0.25) is 9.59 Å². The van der Waals surface area contributed by atoms with Crippen molar-refractivity contribution in [2.75, 3.05) is 13.1 Å². The molecule has 1 saturated heterocycles. The molecule has 0 bridgehead atoms. The summed E-state index contributed by atoms with van der Waals surface area (Å²) in [5.74, 6) is -1.27. The number of sulfonamides is 1. The standard InChI is InChI=1S/C17H24N2O4S/c1-12-6-8-15(9-7-12)24(22,23)18-16(13(2)14(3)20)17(21)19-10-4-5-11-19/h6-9,13,16,18H,4-5,10-11H2,1-3H3/t13-,16-/m0/s1. The third-order valence-electron chi connectivity index (χ3n) is 4.44. The van der Waals surface area contributed by atoms with Crippen molar-refractivity contribution in [2.24, 2.45) is 5.92 Å². The molecule has 1 amide bonds. The molecule has 1 fully saturated rings. The van der Waals surface area contributed by atoms with Gasteiger partial charge in [-0.2, -0.15) is 4.72 Å². The van der Waals surface area contributed by atoms with Gasteiger partial charge in [-0.05, 0) is 38.8 Å². The molecule has 0 saturated carbocycles. The van der Waals surface area contributed by atoms with Crippen LogP contribution in [0.15, 0.2) is 29.2 Å². The molecule has 0 radical (unpaired) electrons. The minimum atomic E-state index is -3.88. The van der Waals surface area contributed by atoms with E-state index in [-0.39, 0.29) is 16.6 Å². The second-order valence-corrected chi connectivity index (χ2v) is 8.06. The van der Waals surface area contributed by atoms with E-state index in [0.29, 0.717) is 13.1 Å². The molecule has 0 spiro atoms. The van der Waals surface area contributed by atoms with E-state index in [1.807, 2.05) is 6.92 Å². The largest absolute Gasteiger partial charge is 0.341 e. The van der Waals surface area contributed by atoms with Crippen LogP contribution in [0, 0.1) is 12.8 Å². The van der Waals surface area contributed by atoms with Crippen LogP contribution in [0.1, 0.15) is 32.3 Å². The Morgan fingerprint density at radius 3 is 2.17 bits per heavy atom. The van der Waals surface area contributed by atoms with Crippen molar-refractivity contribution >= 4 is 21.7 Å². The topological polar surface area (TPSA) is 83.5 Å². The Morgan fingerprint density at radius 2 is 1.67 bits per heavy atom. The van der Waals surface area contributed by atoms with Gasteiger partial charge in [0.25, 0.3) is 0 Å². The summed E-state index contributed by atoms with van der Waals surface area (Å²) in [6.45, 7) is 6.02. The molecule has 1 N–H and O–H groups in total. The number of hydrogen-bond donors (Lipinski definition) is 1. The zero-order valence-electron chi connectivity index (χ0n) is 14.3. The first-order valence-electron chi connectivity index (χ1n) is 8.10. The zero-order valence-corrected chi connectivity index (χ0v) is 15.1. The highest BCUT2D eigenvalue weighted by Gasteiger charge is 2.36. The summed E-state index contributed by atoms with van der Waals surface area (Å²) in [6.07, 6.45) is 1.80. The summed E-state index contributed by atoms with van der Waals surface area (Å²) in [7, 11) is -3.88. The Bertz CT molecular complexity index is 707. The Labute approximate surface area is 143 Å². The molecule has 132 valence electrons. The van der Waals surface area contributed by atoms with E-state index in [2.05, 4.69) is 4.72 Å². The summed E-state index contributed by atoms with van der Waals surface area (Å²) in [4.78, 5) is 26.2. The predicted octanol–water partition coefficient (Wildman–Crippen LogP) is 1.49. The molecule has 2 atom stereocenters. The molecule has 1 aliphatic rings. The van der Waals surface area contributed by atoms with Crippen molar-refractivity contribution in [3.05, 3.63) is 29.8 Å². The van der Waals surface area contributed by atoms with Crippen molar-refractivity contribution in [3.63, 3.8) is 0 Å². The van der Waals surface area contributed by atoms with Gasteiger partial charge in [0.1, 0.15) is 11.8 Å². The van der Waals surface area contributed by atoms with E-state index in [4.69, 9.17) is 0 Å². The third-order valence-corrected chi connectivity index (χ3v) is 5.90. The van der Waals surface area contributed by atoms with Gasteiger partial charge in [-0.25, -0.2) is 8.42 Å². The molecular weight excluding hydrogens is 328 g/mol. The number of nitrogens with zero attached hydrogens (tertiary/aromatic N) is 1. The number of amides is 1. The van der Waals surface area contributed by atoms with E-state index >= 15 is 0 Å². The highest BCUT2D eigenvalue weighted by Crippen LogP contribution is 2.17. The van der Waals surface area contributed by atoms with Crippen LogP contribution < -0.4 is 4.72 Å². The van der Waals surface area contributed by atoms with E-state index in [1.54, 1.807) is 24.0 Å².